The lowest BCUT2D eigenvalue weighted by Gasteiger charge is -1.98. The van der Waals surface area contributed by atoms with Gasteiger partial charge in [-0.15, -0.1) is 0 Å². The van der Waals surface area contributed by atoms with Gasteiger partial charge in [-0.1, -0.05) is 23.7 Å². The molecule has 2 rings (SSSR count). The summed E-state index contributed by atoms with van der Waals surface area (Å²) in [6, 6.07) is 7.27. The molecule has 1 aromatic heterocycles. The summed E-state index contributed by atoms with van der Waals surface area (Å²) in [5.74, 6) is 0.206. The van der Waals surface area contributed by atoms with Crippen LogP contribution in [-0.4, -0.2) is 16.1 Å². The molecular weight excluding hydrogens is 254 g/mol. The van der Waals surface area contributed by atoms with Crippen LogP contribution in [0, 0.1) is 6.92 Å². The number of rotatable bonds is 4. The van der Waals surface area contributed by atoms with Gasteiger partial charge >= 0.3 is 5.97 Å². The highest BCUT2D eigenvalue weighted by atomic mass is 35.5. The minimum Gasteiger partial charge on any atom is -0.481 e. The predicted molar refractivity (Wildman–Crippen MR) is 67.6 cm³/mol. The molecule has 0 spiro atoms. The van der Waals surface area contributed by atoms with Crippen LogP contribution >= 0.6 is 11.6 Å². The molecule has 4 nitrogen and oxygen atoms in total. The summed E-state index contributed by atoms with van der Waals surface area (Å²) in [6.07, 6.45) is 0.297. The molecule has 0 unspecified atom stereocenters. The van der Waals surface area contributed by atoms with Gasteiger partial charge in [0.1, 0.15) is 0 Å². The van der Waals surface area contributed by atoms with Gasteiger partial charge in [-0.25, -0.2) is 4.98 Å². The number of aryl methyl sites for hydroxylation is 2. The van der Waals surface area contributed by atoms with E-state index in [4.69, 9.17) is 21.1 Å². The zero-order chi connectivity index (χ0) is 13.1. The third-order valence-electron chi connectivity index (χ3n) is 2.48. The van der Waals surface area contributed by atoms with Crippen LogP contribution in [0.1, 0.15) is 18.0 Å². The zero-order valence-electron chi connectivity index (χ0n) is 9.81. The highest BCUT2D eigenvalue weighted by Crippen LogP contribution is 2.27. The Balaban J connectivity index is 2.26. The normalized spacial score (nSPS) is 10.6. The molecule has 2 aromatic rings. The number of halogens is 1. The molecule has 0 aliphatic rings. The number of hydrogen-bond donors (Lipinski definition) is 1. The van der Waals surface area contributed by atoms with Gasteiger partial charge in [0.15, 0.2) is 11.7 Å². The van der Waals surface area contributed by atoms with Gasteiger partial charge in [-0.05, 0) is 19.1 Å². The zero-order valence-corrected chi connectivity index (χ0v) is 10.6. The summed E-state index contributed by atoms with van der Waals surface area (Å²) in [6.45, 7) is 1.82. The fourth-order valence-electron chi connectivity index (χ4n) is 1.67. The monoisotopic (exact) mass is 265 g/mol. The van der Waals surface area contributed by atoms with Crippen LogP contribution in [0.3, 0.4) is 0 Å². The SMILES string of the molecule is Cc1nc(CCC(=O)O)oc1-c1cccc(Cl)c1. The van der Waals surface area contributed by atoms with Gasteiger partial charge in [0.05, 0.1) is 12.1 Å². The Morgan fingerprint density at radius 2 is 2.28 bits per heavy atom. The van der Waals surface area contributed by atoms with E-state index < -0.39 is 5.97 Å². The lowest BCUT2D eigenvalue weighted by atomic mass is 10.1. The van der Waals surface area contributed by atoms with Gasteiger partial charge in [-0.3, -0.25) is 4.79 Å². The Morgan fingerprint density at radius 3 is 2.94 bits per heavy atom. The Hall–Kier alpha value is -1.81. The maximum atomic E-state index is 10.5. The second kappa shape index (κ2) is 5.23. The van der Waals surface area contributed by atoms with Crippen LogP contribution in [0.15, 0.2) is 28.7 Å². The standard InChI is InChI=1S/C13H12ClNO3/c1-8-13(9-3-2-4-10(14)7-9)18-11(15-8)5-6-12(16)17/h2-4,7H,5-6H2,1H3,(H,16,17). The van der Waals surface area contributed by atoms with E-state index in [1.165, 1.54) is 0 Å². The molecule has 0 fully saturated rings. The van der Waals surface area contributed by atoms with E-state index >= 15 is 0 Å². The predicted octanol–water partition coefficient (Wildman–Crippen LogP) is 3.32. The van der Waals surface area contributed by atoms with Crippen molar-refractivity contribution in [1.29, 1.82) is 0 Å². The lowest BCUT2D eigenvalue weighted by Crippen LogP contribution is -1.97. The quantitative estimate of drug-likeness (QED) is 0.921. The molecule has 5 heteroatoms. The van der Waals surface area contributed by atoms with Gasteiger partial charge in [0.25, 0.3) is 0 Å². The summed E-state index contributed by atoms with van der Waals surface area (Å²) >= 11 is 5.92. The molecule has 0 bridgehead atoms. The first kappa shape index (κ1) is 12.6. The van der Waals surface area contributed by atoms with Crippen LogP contribution in [0.2, 0.25) is 5.02 Å². The minimum atomic E-state index is -0.866. The average molecular weight is 266 g/mol. The van der Waals surface area contributed by atoms with Crippen molar-refractivity contribution in [2.45, 2.75) is 19.8 Å². The average Bonchev–Trinajstić information content (AvgIpc) is 2.68. The molecule has 1 N–H and O–H groups in total. The minimum absolute atomic E-state index is 0.00887. The molecule has 0 saturated carbocycles. The third-order valence-corrected chi connectivity index (χ3v) is 2.72. The Labute approximate surface area is 109 Å². The smallest absolute Gasteiger partial charge is 0.303 e. The first-order valence-electron chi connectivity index (χ1n) is 5.50. The topological polar surface area (TPSA) is 63.3 Å². The number of carboxylic acid groups (broad SMARTS) is 1. The largest absolute Gasteiger partial charge is 0.481 e. The van der Waals surface area contributed by atoms with E-state index in [0.717, 1.165) is 11.3 Å². The number of aliphatic carboxylic acids is 1. The number of hydrogen-bond acceptors (Lipinski definition) is 3. The summed E-state index contributed by atoms with van der Waals surface area (Å²) in [7, 11) is 0. The van der Waals surface area contributed by atoms with E-state index in [9.17, 15) is 4.79 Å². The van der Waals surface area contributed by atoms with Crippen molar-refractivity contribution >= 4 is 17.6 Å². The van der Waals surface area contributed by atoms with Crippen LogP contribution in [0.25, 0.3) is 11.3 Å². The number of carbonyl (C=O) groups is 1. The van der Waals surface area contributed by atoms with E-state index in [-0.39, 0.29) is 12.8 Å². The van der Waals surface area contributed by atoms with E-state index in [0.29, 0.717) is 16.7 Å². The first-order chi connectivity index (χ1) is 8.56. The summed E-state index contributed by atoms with van der Waals surface area (Å²) < 4.78 is 5.57. The van der Waals surface area contributed by atoms with Crippen molar-refractivity contribution in [3.63, 3.8) is 0 Å². The van der Waals surface area contributed by atoms with Gasteiger partial charge in [-0.2, -0.15) is 0 Å². The van der Waals surface area contributed by atoms with Crippen molar-refractivity contribution < 1.29 is 14.3 Å². The van der Waals surface area contributed by atoms with Crippen LogP contribution in [0.4, 0.5) is 0 Å². The van der Waals surface area contributed by atoms with E-state index in [2.05, 4.69) is 4.98 Å². The Morgan fingerprint density at radius 1 is 1.50 bits per heavy atom. The van der Waals surface area contributed by atoms with Crippen molar-refractivity contribution in [1.82, 2.24) is 4.98 Å². The molecule has 18 heavy (non-hydrogen) atoms. The van der Waals surface area contributed by atoms with Crippen LogP contribution in [-0.2, 0) is 11.2 Å². The molecule has 1 heterocycles. The van der Waals surface area contributed by atoms with Gasteiger partial charge in [0.2, 0.25) is 0 Å². The van der Waals surface area contributed by atoms with Crippen LogP contribution < -0.4 is 0 Å². The second-order valence-corrected chi connectivity index (χ2v) is 4.36. The molecule has 0 atom stereocenters. The maximum absolute atomic E-state index is 10.5. The second-order valence-electron chi connectivity index (χ2n) is 3.93. The van der Waals surface area contributed by atoms with Crippen molar-refractivity contribution in [3.05, 3.63) is 40.9 Å². The van der Waals surface area contributed by atoms with E-state index in [1.807, 2.05) is 19.1 Å². The van der Waals surface area contributed by atoms with Crippen molar-refractivity contribution in [3.8, 4) is 11.3 Å². The van der Waals surface area contributed by atoms with Crippen molar-refractivity contribution in [2.75, 3.05) is 0 Å². The van der Waals surface area contributed by atoms with E-state index in [1.54, 1.807) is 12.1 Å². The summed E-state index contributed by atoms with van der Waals surface area (Å²) in [5.41, 5.74) is 1.58. The molecule has 0 aliphatic carbocycles. The molecule has 0 amide bonds. The summed E-state index contributed by atoms with van der Waals surface area (Å²) in [5, 5.41) is 9.24. The molecule has 1 aromatic carbocycles. The van der Waals surface area contributed by atoms with Gasteiger partial charge < -0.3 is 9.52 Å². The number of carboxylic acids is 1. The Bertz CT molecular complexity index is 577. The molecule has 0 radical (unpaired) electrons. The molecule has 94 valence electrons. The number of oxazole rings is 1. The highest BCUT2D eigenvalue weighted by Gasteiger charge is 2.12. The van der Waals surface area contributed by atoms with Crippen LogP contribution in [0.5, 0.6) is 0 Å². The molecular formula is C13H12ClNO3. The number of benzene rings is 1. The Kier molecular flexibility index (Phi) is 3.67. The third kappa shape index (κ3) is 2.90. The first-order valence-corrected chi connectivity index (χ1v) is 5.88. The molecule has 0 aliphatic heterocycles. The maximum Gasteiger partial charge on any atom is 0.303 e. The fourth-order valence-corrected chi connectivity index (χ4v) is 1.86. The lowest BCUT2D eigenvalue weighted by molar-refractivity contribution is -0.137. The fraction of sp³-hybridized carbons (Fsp3) is 0.231. The van der Waals surface area contributed by atoms with Gasteiger partial charge in [0, 0.05) is 17.0 Å². The molecule has 0 saturated heterocycles. The number of aromatic nitrogens is 1. The summed E-state index contributed by atoms with van der Waals surface area (Å²) in [4.78, 5) is 14.7. The number of nitrogens with zero attached hydrogens (tertiary/aromatic N) is 1. The highest BCUT2D eigenvalue weighted by molar-refractivity contribution is 6.30. The van der Waals surface area contributed by atoms with Crippen molar-refractivity contribution in [2.24, 2.45) is 0 Å².